The van der Waals surface area contributed by atoms with Crippen molar-refractivity contribution in [2.24, 2.45) is 0 Å². The van der Waals surface area contributed by atoms with Crippen LogP contribution in [0.2, 0.25) is 0 Å². The summed E-state index contributed by atoms with van der Waals surface area (Å²) in [5.41, 5.74) is 0.900. The lowest BCUT2D eigenvalue weighted by molar-refractivity contribution is -0.384. The number of hydrogen-bond acceptors (Lipinski definition) is 6. The average Bonchev–Trinajstić information content (AvgIpc) is 3.24. The quantitative estimate of drug-likeness (QED) is 0.480. The van der Waals surface area contributed by atoms with Crippen LogP contribution in [0.15, 0.2) is 18.2 Å². The topological polar surface area (TPSA) is 75.9 Å². The summed E-state index contributed by atoms with van der Waals surface area (Å²) in [6.45, 7) is 3.77. The van der Waals surface area contributed by atoms with Gasteiger partial charge in [-0.3, -0.25) is 15.0 Å². The highest BCUT2D eigenvalue weighted by atomic mass is 16.6. The molecule has 0 aliphatic carbocycles. The van der Waals surface area contributed by atoms with Crippen molar-refractivity contribution in [3.63, 3.8) is 0 Å². The summed E-state index contributed by atoms with van der Waals surface area (Å²) in [5, 5.41) is 11.3. The molecule has 124 valence electrons. The highest BCUT2D eigenvalue weighted by molar-refractivity contribution is 5.91. The summed E-state index contributed by atoms with van der Waals surface area (Å²) in [5.74, 6) is -0.476. The second-order valence-electron chi connectivity index (χ2n) is 6.08. The van der Waals surface area contributed by atoms with Gasteiger partial charge in [0, 0.05) is 25.2 Å². The lowest BCUT2D eigenvalue weighted by Gasteiger charge is -2.24. The van der Waals surface area contributed by atoms with Crippen LogP contribution in [0.4, 0.5) is 11.4 Å². The largest absolute Gasteiger partial charge is 0.465 e. The average molecular weight is 319 g/mol. The Morgan fingerprint density at radius 3 is 2.70 bits per heavy atom. The van der Waals surface area contributed by atoms with Gasteiger partial charge in [0.15, 0.2) is 0 Å². The molecular weight excluding hydrogens is 298 g/mol. The zero-order chi connectivity index (χ0) is 16.4. The predicted octanol–water partition coefficient (Wildman–Crippen LogP) is 2.06. The third-order valence-corrected chi connectivity index (χ3v) is 4.75. The zero-order valence-corrected chi connectivity index (χ0v) is 13.2. The summed E-state index contributed by atoms with van der Waals surface area (Å²) in [7, 11) is 1.31. The summed E-state index contributed by atoms with van der Waals surface area (Å²) >= 11 is 0. The van der Waals surface area contributed by atoms with E-state index in [1.807, 2.05) is 4.90 Å². The number of nitro benzene ring substituents is 1. The molecule has 2 aliphatic heterocycles. The predicted molar refractivity (Wildman–Crippen MR) is 85.9 cm³/mol. The van der Waals surface area contributed by atoms with Gasteiger partial charge in [-0.25, -0.2) is 4.79 Å². The number of rotatable bonds is 4. The number of nitro groups is 1. The molecule has 0 saturated carbocycles. The van der Waals surface area contributed by atoms with E-state index in [1.165, 1.54) is 32.1 Å². The normalized spacial score (nSPS) is 21.6. The van der Waals surface area contributed by atoms with E-state index >= 15 is 0 Å². The van der Waals surface area contributed by atoms with E-state index in [4.69, 9.17) is 4.74 Å². The fourth-order valence-corrected chi connectivity index (χ4v) is 3.54. The van der Waals surface area contributed by atoms with Crippen molar-refractivity contribution >= 4 is 17.3 Å². The van der Waals surface area contributed by atoms with E-state index in [0.717, 1.165) is 32.6 Å². The Morgan fingerprint density at radius 2 is 2.04 bits per heavy atom. The molecule has 7 nitrogen and oxygen atoms in total. The maximum absolute atomic E-state index is 11.7. The standard InChI is InChI=1S/C16H21N3O4/c1-23-16(20)12-4-5-14(19(21)22)15(10-12)18-9-6-13(11-18)17-7-2-3-8-17/h4-5,10,13H,2-3,6-9,11H2,1H3/t13-/m0/s1. The molecule has 0 unspecified atom stereocenters. The molecule has 0 N–H and O–H groups in total. The number of nitrogens with zero attached hydrogens (tertiary/aromatic N) is 3. The van der Waals surface area contributed by atoms with Crippen LogP contribution in [-0.2, 0) is 4.74 Å². The van der Waals surface area contributed by atoms with Crippen LogP contribution in [-0.4, -0.2) is 55.1 Å². The fourth-order valence-electron chi connectivity index (χ4n) is 3.54. The van der Waals surface area contributed by atoms with E-state index in [2.05, 4.69) is 4.90 Å². The molecular formula is C16H21N3O4. The lowest BCUT2D eigenvalue weighted by atomic mass is 10.1. The minimum atomic E-state index is -0.476. The van der Waals surface area contributed by atoms with Gasteiger partial charge in [-0.05, 0) is 44.5 Å². The molecule has 23 heavy (non-hydrogen) atoms. The minimum Gasteiger partial charge on any atom is -0.465 e. The van der Waals surface area contributed by atoms with Crippen LogP contribution >= 0.6 is 0 Å². The third kappa shape index (κ3) is 3.14. The SMILES string of the molecule is COC(=O)c1ccc([N+](=O)[O-])c(N2CC[C@H](N3CCCC3)C2)c1. The molecule has 1 aromatic carbocycles. The summed E-state index contributed by atoms with van der Waals surface area (Å²) in [4.78, 5) is 27.1. The Hall–Kier alpha value is -2.15. The maximum Gasteiger partial charge on any atom is 0.337 e. The highest BCUT2D eigenvalue weighted by Crippen LogP contribution is 2.33. The molecule has 3 rings (SSSR count). The zero-order valence-electron chi connectivity index (χ0n) is 13.2. The second-order valence-corrected chi connectivity index (χ2v) is 6.08. The van der Waals surface area contributed by atoms with Crippen molar-refractivity contribution in [3.05, 3.63) is 33.9 Å². The Balaban J connectivity index is 1.85. The molecule has 0 aromatic heterocycles. The molecule has 1 aromatic rings. The number of esters is 1. The molecule has 2 aliphatic rings. The van der Waals surface area contributed by atoms with Gasteiger partial charge in [-0.1, -0.05) is 0 Å². The summed E-state index contributed by atoms with van der Waals surface area (Å²) < 4.78 is 4.72. The van der Waals surface area contributed by atoms with Gasteiger partial charge in [-0.15, -0.1) is 0 Å². The Labute approximate surface area is 135 Å². The Bertz CT molecular complexity index is 613. The number of benzene rings is 1. The number of carbonyl (C=O) groups is 1. The van der Waals surface area contributed by atoms with Crippen LogP contribution < -0.4 is 4.90 Å². The molecule has 0 bridgehead atoms. The number of carbonyl (C=O) groups excluding carboxylic acids is 1. The molecule has 0 radical (unpaired) electrons. The first-order chi connectivity index (χ1) is 11.1. The third-order valence-electron chi connectivity index (χ3n) is 4.75. The van der Waals surface area contributed by atoms with E-state index < -0.39 is 5.97 Å². The van der Waals surface area contributed by atoms with Gasteiger partial charge >= 0.3 is 5.97 Å². The van der Waals surface area contributed by atoms with Crippen molar-refractivity contribution in [3.8, 4) is 0 Å². The van der Waals surface area contributed by atoms with Crippen molar-refractivity contribution in [1.82, 2.24) is 4.90 Å². The monoisotopic (exact) mass is 319 g/mol. The van der Waals surface area contributed by atoms with Crippen LogP contribution in [0.1, 0.15) is 29.6 Å². The molecule has 0 spiro atoms. The van der Waals surface area contributed by atoms with Crippen LogP contribution in [0.3, 0.4) is 0 Å². The molecule has 1 atom stereocenters. The minimum absolute atomic E-state index is 0.0414. The van der Waals surface area contributed by atoms with Crippen molar-refractivity contribution in [1.29, 1.82) is 0 Å². The Morgan fingerprint density at radius 1 is 1.30 bits per heavy atom. The first kappa shape index (κ1) is 15.7. The van der Waals surface area contributed by atoms with Crippen LogP contribution in [0.25, 0.3) is 0 Å². The van der Waals surface area contributed by atoms with Crippen molar-refractivity contribution in [2.75, 3.05) is 38.2 Å². The first-order valence-electron chi connectivity index (χ1n) is 7.96. The summed E-state index contributed by atoms with van der Waals surface area (Å²) in [6.07, 6.45) is 3.46. The van der Waals surface area contributed by atoms with E-state index in [1.54, 1.807) is 6.07 Å². The van der Waals surface area contributed by atoms with E-state index in [-0.39, 0.29) is 10.6 Å². The van der Waals surface area contributed by atoms with Gasteiger partial charge < -0.3 is 9.64 Å². The second kappa shape index (κ2) is 6.54. The van der Waals surface area contributed by atoms with Gasteiger partial charge in [0.2, 0.25) is 0 Å². The highest BCUT2D eigenvalue weighted by Gasteiger charge is 2.32. The fraction of sp³-hybridized carbons (Fsp3) is 0.562. The van der Waals surface area contributed by atoms with Crippen molar-refractivity contribution < 1.29 is 14.5 Å². The number of ether oxygens (including phenoxy) is 1. The Kier molecular flexibility index (Phi) is 4.47. The molecule has 2 heterocycles. The van der Waals surface area contributed by atoms with E-state index in [9.17, 15) is 14.9 Å². The van der Waals surface area contributed by atoms with Gasteiger partial charge in [0.05, 0.1) is 17.6 Å². The molecule has 7 heteroatoms. The number of likely N-dealkylation sites (tertiary alicyclic amines) is 1. The number of hydrogen-bond donors (Lipinski definition) is 0. The smallest absolute Gasteiger partial charge is 0.337 e. The molecule has 2 saturated heterocycles. The lowest BCUT2D eigenvalue weighted by Crippen LogP contribution is -2.35. The van der Waals surface area contributed by atoms with Gasteiger partial charge in [-0.2, -0.15) is 0 Å². The summed E-state index contributed by atoms with van der Waals surface area (Å²) in [6, 6.07) is 4.86. The number of anilines is 1. The van der Waals surface area contributed by atoms with Crippen molar-refractivity contribution in [2.45, 2.75) is 25.3 Å². The molecule has 2 fully saturated rings. The first-order valence-corrected chi connectivity index (χ1v) is 7.96. The van der Waals surface area contributed by atoms with Crippen LogP contribution in [0, 0.1) is 10.1 Å². The molecule has 0 amide bonds. The van der Waals surface area contributed by atoms with Gasteiger partial charge in [0.25, 0.3) is 5.69 Å². The van der Waals surface area contributed by atoms with Gasteiger partial charge in [0.1, 0.15) is 5.69 Å². The maximum atomic E-state index is 11.7. The van der Waals surface area contributed by atoms with E-state index in [0.29, 0.717) is 17.3 Å². The van der Waals surface area contributed by atoms with Crippen LogP contribution in [0.5, 0.6) is 0 Å². The number of methoxy groups -OCH3 is 1.